The van der Waals surface area contributed by atoms with Crippen molar-refractivity contribution in [2.24, 2.45) is 4.99 Å². The summed E-state index contributed by atoms with van der Waals surface area (Å²) >= 11 is 0. The number of ether oxygens (including phenoxy) is 1. The van der Waals surface area contributed by atoms with Crippen LogP contribution in [0.5, 0.6) is 0 Å². The van der Waals surface area contributed by atoms with Gasteiger partial charge in [-0.25, -0.2) is 9.38 Å². The lowest BCUT2D eigenvalue weighted by Gasteiger charge is -2.32. The first-order chi connectivity index (χ1) is 15.1. The van der Waals surface area contributed by atoms with Gasteiger partial charge >= 0.3 is 0 Å². The van der Waals surface area contributed by atoms with Crippen molar-refractivity contribution in [3.05, 3.63) is 29.6 Å². The molecule has 2 fully saturated rings. The number of hydrogen-bond donors (Lipinski definition) is 3. The van der Waals surface area contributed by atoms with Gasteiger partial charge in [0.1, 0.15) is 5.82 Å². The second kappa shape index (κ2) is 12.2. The number of aliphatic imine (C=N–C) groups is 1. The van der Waals surface area contributed by atoms with E-state index in [1.807, 2.05) is 17.0 Å². The van der Waals surface area contributed by atoms with E-state index in [1.165, 1.54) is 0 Å². The molecule has 2 aliphatic heterocycles. The zero-order valence-electron chi connectivity index (χ0n) is 18.9. The molecule has 0 spiro atoms. The maximum absolute atomic E-state index is 14.7. The van der Waals surface area contributed by atoms with Gasteiger partial charge in [0, 0.05) is 52.4 Å². The first-order valence-electron chi connectivity index (χ1n) is 11.6. The Morgan fingerprint density at radius 2 is 1.94 bits per heavy atom. The van der Waals surface area contributed by atoms with Crippen LogP contribution in [-0.4, -0.2) is 81.1 Å². The van der Waals surface area contributed by atoms with Crippen molar-refractivity contribution in [2.45, 2.75) is 51.3 Å². The quantitative estimate of drug-likeness (QED) is 0.428. The highest BCUT2D eigenvalue weighted by Crippen LogP contribution is 2.24. The normalized spacial score (nSPS) is 19.6. The molecule has 0 atom stereocenters. The molecule has 8 heteroatoms. The summed E-state index contributed by atoms with van der Waals surface area (Å²) in [6.45, 7) is 8.51. The maximum atomic E-state index is 14.7. The predicted octanol–water partition coefficient (Wildman–Crippen LogP) is 1.95. The highest BCUT2D eigenvalue weighted by molar-refractivity contribution is 5.80. The van der Waals surface area contributed by atoms with E-state index in [0.29, 0.717) is 44.2 Å². The van der Waals surface area contributed by atoms with Crippen molar-refractivity contribution in [3.8, 4) is 0 Å². The average molecular weight is 436 g/mol. The molecule has 0 unspecified atom stereocenters. The number of hydrogen-bond acceptors (Lipinski definition) is 5. The van der Waals surface area contributed by atoms with Gasteiger partial charge in [-0.05, 0) is 50.3 Å². The predicted molar refractivity (Wildman–Crippen MR) is 123 cm³/mol. The summed E-state index contributed by atoms with van der Waals surface area (Å²) in [6.07, 6.45) is 3.26. The minimum atomic E-state index is -0.262. The number of piperidine rings is 2. The third-order valence-corrected chi connectivity index (χ3v) is 6.12. The van der Waals surface area contributed by atoms with E-state index in [1.54, 1.807) is 13.2 Å². The number of nitrogens with one attached hydrogen (secondary N) is 2. The Labute approximate surface area is 185 Å². The van der Waals surface area contributed by atoms with Crippen molar-refractivity contribution in [1.29, 1.82) is 0 Å². The number of anilines is 1. The van der Waals surface area contributed by atoms with Crippen LogP contribution in [0.15, 0.2) is 23.2 Å². The van der Waals surface area contributed by atoms with Crippen molar-refractivity contribution in [2.75, 3.05) is 57.9 Å². The Morgan fingerprint density at radius 3 is 2.58 bits per heavy atom. The number of rotatable bonds is 8. The van der Waals surface area contributed by atoms with Gasteiger partial charge in [-0.3, -0.25) is 0 Å². The molecule has 1 aromatic carbocycles. The molecule has 31 heavy (non-hydrogen) atoms. The van der Waals surface area contributed by atoms with Gasteiger partial charge in [0.15, 0.2) is 5.96 Å². The van der Waals surface area contributed by atoms with Gasteiger partial charge < -0.3 is 30.3 Å². The number of guanidine groups is 1. The van der Waals surface area contributed by atoms with Crippen LogP contribution in [-0.2, 0) is 11.3 Å². The largest absolute Gasteiger partial charge is 0.393 e. The molecule has 2 heterocycles. The zero-order valence-corrected chi connectivity index (χ0v) is 18.9. The number of methoxy groups -OCH3 is 1. The third kappa shape index (κ3) is 7.33. The van der Waals surface area contributed by atoms with Gasteiger partial charge in [-0.15, -0.1) is 0 Å². The van der Waals surface area contributed by atoms with Crippen LogP contribution < -0.4 is 15.5 Å². The second-order valence-corrected chi connectivity index (χ2v) is 8.45. The minimum absolute atomic E-state index is 0.217. The molecule has 3 N–H and O–H groups in total. The summed E-state index contributed by atoms with van der Waals surface area (Å²) in [4.78, 5) is 9.13. The fraction of sp³-hybridized carbons (Fsp3) is 0.696. The lowest BCUT2D eigenvalue weighted by atomic mass is 10.1. The van der Waals surface area contributed by atoms with Gasteiger partial charge in [-0.1, -0.05) is 6.07 Å². The fourth-order valence-electron chi connectivity index (χ4n) is 4.22. The van der Waals surface area contributed by atoms with Crippen LogP contribution in [0.25, 0.3) is 0 Å². The Balaban J connectivity index is 1.53. The van der Waals surface area contributed by atoms with Crippen LogP contribution in [0.1, 0.15) is 38.2 Å². The molecule has 174 valence electrons. The van der Waals surface area contributed by atoms with E-state index >= 15 is 0 Å². The standard InChI is InChI=1S/C23H38FN5O2/c1-3-25-23(27-19-6-10-28(11-7-19)14-15-31-2)26-17-18-4-5-22(21(24)16-18)29-12-8-20(30)9-13-29/h4-5,16,19-20,30H,3,6-15,17H2,1-2H3,(H2,25,26,27). The van der Waals surface area contributed by atoms with E-state index in [-0.39, 0.29) is 11.9 Å². The first kappa shape index (κ1) is 23.8. The lowest BCUT2D eigenvalue weighted by Crippen LogP contribution is -2.49. The number of likely N-dealkylation sites (tertiary alicyclic amines) is 1. The molecule has 0 amide bonds. The number of halogens is 1. The third-order valence-electron chi connectivity index (χ3n) is 6.12. The monoisotopic (exact) mass is 435 g/mol. The Hall–Kier alpha value is -1.90. The highest BCUT2D eigenvalue weighted by Gasteiger charge is 2.21. The summed E-state index contributed by atoms with van der Waals surface area (Å²) in [7, 11) is 1.74. The minimum Gasteiger partial charge on any atom is -0.393 e. The summed E-state index contributed by atoms with van der Waals surface area (Å²) < 4.78 is 19.9. The van der Waals surface area contributed by atoms with E-state index < -0.39 is 0 Å². The van der Waals surface area contributed by atoms with Crippen LogP contribution in [0.4, 0.5) is 10.1 Å². The van der Waals surface area contributed by atoms with E-state index in [9.17, 15) is 9.50 Å². The SMILES string of the molecule is CCNC(=NCc1ccc(N2CCC(O)CC2)c(F)c1)NC1CCN(CCOC)CC1. The molecule has 7 nitrogen and oxygen atoms in total. The number of aliphatic hydroxyl groups excluding tert-OH is 1. The van der Waals surface area contributed by atoms with Gasteiger partial charge in [0.2, 0.25) is 0 Å². The lowest BCUT2D eigenvalue weighted by molar-refractivity contribution is 0.128. The maximum Gasteiger partial charge on any atom is 0.191 e. The molecular formula is C23H38FN5O2. The molecule has 2 saturated heterocycles. The molecule has 2 aliphatic rings. The van der Waals surface area contributed by atoms with Crippen molar-refractivity contribution < 1.29 is 14.2 Å². The Bertz CT molecular complexity index is 701. The smallest absolute Gasteiger partial charge is 0.191 e. The molecule has 3 rings (SSSR count). The summed E-state index contributed by atoms with van der Waals surface area (Å²) in [5.41, 5.74) is 1.47. The number of benzene rings is 1. The molecule has 0 aliphatic carbocycles. The molecule has 0 radical (unpaired) electrons. The van der Waals surface area contributed by atoms with Crippen LogP contribution >= 0.6 is 0 Å². The Morgan fingerprint density at radius 1 is 1.19 bits per heavy atom. The number of nitrogens with zero attached hydrogens (tertiary/aromatic N) is 3. The molecule has 0 bridgehead atoms. The fourth-order valence-corrected chi connectivity index (χ4v) is 4.22. The van der Waals surface area contributed by atoms with Crippen molar-refractivity contribution in [1.82, 2.24) is 15.5 Å². The summed E-state index contributed by atoms with van der Waals surface area (Å²) in [5.74, 6) is 0.567. The van der Waals surface area contributed by atoms with Gasteiger partial charge in [0.05, 0.1) is 24.9 Å². The number of aliphatic hydroxyl groups is 1. The molecule has 1 aromatic rings. The zero-order chi connectivity index (χ0) is 22.1. The second-order valence-electron chi connectivity index (χ2n) is 8.45. The van der Waals surface area contributed by atoms with Crippen LogP contribution in [0.2, 0.25) is 0 Å². The van der Waals surface area contributed by atoms with E-state index in [0.717, 1.165) is 57.2 Å². The topological polar surface area (TPSA) is 72.4 Å². The molecular weight excluding hydrogens is 397 g/mol. The van der Waals surface area contributed by atoms with E-state index in [4.69, 9.17) is 4.74 Å². The average Bonchev–Trinajstić information content (AvgIpc) is 2.78. The van der Waals surface area contributed by atoms with E-state index in [2.05, 4.69) is 27.4 Å². The van der Waals surface area contributed by atoms with Crippen molar-refractivity contribution >= 4 is 11.6 Å². The van der Waals surface area contributed by atoms with Crippen molar-refractivity contribution in [3.63, 3.8) is 0 Å². The van der Waals surface area contributed by atoms with Crippen LogP contribution in [0.3, 0.4) is 0 Å². The first-order valence-corrected chi connectivity index (χ1v) is 11.6. The van der Waals surface area contributed by atoms with Crippen LogP contribution in [0, 0.1) is 5.82 Å². The Kier molecular flexibility index (Phi) is 9.36. The molecule has 0 aromatic heterocycles. The summed E-state index contributed by atoms with van der Waals surface area (Å²) in [6, 6.07) is 5.77. The van der Waals surface area contributed by atoms with Gasteiger partial charge in [-0.2, -0.15) is 0 Å². The van der Waals surface area contributed by atoms with Gasteiger partial charge in [0.25, 0.3) is 0 Å². The highest BCUT2D eigenvalue weighted by atomic mass is 19.1. The molecule has 0 saturated carbocycles. The summed E-state index contributed by atoms with van der Waals surface area (Å²) in [5, 5.41) is 16.5.